The predicted molar refractivity (Wildman–Crippen MR) is 147 cm³/mol. The van der Waals surface area contributed by atoms with E-state index in [2.05, 4.69) is 29.6 Å². The number of hydrogen-bond acceptors (Lipinski definition) is 5. The van der Waals surface area contributed by atoms with Crippen LogP contribution in [0.3, 0.4) is 0 Å². The lowest BCUT2D eigenvalue weighted by atomic mass is 9.94. The van der Waals surface area contributed by atoms with Crippen molar-refractivity contribution in [2.45, 2.75) is 37.8 Å². The van der Waals surface area contributed by atoms with Gasteiger partial charge in [0.15, 0.2) is 0 Å². The molecule has 5 rings (SSSR count). The van der Waals surface area contributed by atoms with Crippen molar-refractivity contribution in [3.8, 4) is 22.9 Å². The van der Waals surface area contributed by atoms with Crippen LogP contribution in [0.15, 0.2) is 97.1 Å². The quantitative estimate of drug-likeness (QED) is 0.247. The molecule has 0 aliphatic carbocycles. The van der Waals surface area contributed by atoms with Gasteiger partial charge >= 0.3 is 5.97 Å². The van der Waals surface area contributed by atoms with E-state index in [9.17, 15) is 9.90 Å². The SMILES string of the molecule is O=C(O)C1Cc2c(cccc2OCCCC(COc2cccc(-c3ccccc3)n2)c2ccccc2)CN1. The normalized spacial score (nSPS) is 15.3. The summed E-state index contributed by atoms with van der Waals surface area (Å²) in [5, 5.41) is 12.5. The number of carboxylic acids is 1. The smallest absolute Gasteiger partial charge is 0.321 e. The highest BCUT2D eigenvalue weighted by atomic mass is 16.5. The Hall–Kier alpha value is -4.16. The topological polar surface area (TPSA) is 80.7 Å². The summed E-state index contributed by atoms with van der Waals surface area (Å²) < 4.78 is 12.4. The molecule has 0 amide bonds. The highest BCUT2D eigenvalue weighted by molar-refractivity contribution is 5.74. The molecular formula is C32H32N2O4. The molecule has 4 aromatic rings. The van der Waals surface area contributed by atoms with Crippen molar-refractivity contribution in [3.63, 3.8) is 0 Å². The summed E-state index contributed by atoms with van der Waals surface area (Å²) in [4.78, 5) is 16.2. The van der Waals surface area contributed by atoms with Crippen LogP contribution in [-0.2, 0) is 17.8 Å². The Balaban J connectivity index is 1.21. The van der Waals surface area contributed by atoms with Crippen LogP contribution < -0.4 is 14.8 Å². The van der Waals surface area contributed by atoms with E-state index in [0.29, 0.717) is 32.1 Å². The first-order valence-corrected chi connectivity index (χ1v) is 13.1. The molecule has 6 heteroatoms. The third-order valence-electron chi connectivity index (χ3n) is 6.93. The lowest BCUT2D eigenvalue weighted by molar-refractivity contribution is -0.139. The van der Waals surface area contributed by atoms with Gasteiger partial charge in [0.2, 0.25) is 5.88 Å². The van der Waals surface area contributed by atoms with Crippen molar-refractivity contribution in [2.24, 2.45) is 0 Å². The number of benzene rings is 3. The van der Waals surface area contributed by atoms with Crippen LogP contribution in [0.1, 0.15) is 35.4 Å². The molecular weight excluding hydrogens is 476 g/mol. The van der Waals surface area contributed by atoms with E-state index in [1.54, 1.807) is 0 Å². The van der Waals surface area contributed by atoms with Crippen molar-refractivity contribution in [3.05, 3.63) is 114 Å². The number of pyridine rings is 1. The van der Waals surface area contributed by atoms with E-state index >= 15 is 0 Å². The van der Waals surface area contributed by atoms with Crippen molar-refractivity contribution in [1.82, 2.24) is 10.3 Å². The molecule has 0 saturated heterocycles. The molecule has 0 saturated carbocycles. The van der Waals surface area contributed by atoms with E-state index in [4.69, 9.17) is 14.5 Å². The fourth-order valence-corrected chi connectivity index (χ4v) is 4.86. The molecule has 2 unspecified atom stereocenters. The zero-order valence-electron chi connectivity index (χ0n) is 21.3. The second-order valence-electron chi connectivity index (χ2n) is 9.51. The average Bonchev–Trinajstić information content (AvgIpc) is 2.97. The Kier molecular flexibility index (Phi) is 8.31. The third-order valence-corrected chi connectivity index (χ3v) is 6.93. The molecule has 0 radical (unpaired) electrons. The second-order valence-corrected chi connectivity index (χ2v) is 9.51. The number of rotatable bonds is 11. The van der Waals surface area contributed by atoms with Crippen LogP contribution in [-0.4, -0.2) is 35.3 Å². The van der Waals surface area contributed by atoms with Crippen molar-refractivity contribution >= 4 is 5.97 Å². The number of nitrogens with one attached hydrogen (secondary N) is 1. The molecule has 3 aromatic carbocycles. The highest BCUT2D eigenvalue weighted by Crippen LogP contribution is 2.29. The van der Waals surface area contributed by atoms with Crippen LogP contribution in [0, 0.1) is 0 Å². The summed E-state index contributed by atoms with van der Waals surface area (Å²) in [5.74, 6) is 0.748. The lowest BCUT2D eigenvalue weighted by Crippen LogP contribution is -2.41. The van der Waals surface area contributed by atoms with Crippen molar-refractivity contribution in [1.29, 1.82) is 0 Å². The van der Waals surface area contributed by atoms with Gasteiger partial charge in [-0.25, -0.2) is 4.98 Å². The average molecular weight is 509 g/mol. The summed E-state index contributed by atoms with van der Waals surface area (Å²) in [5.41, 5.74) is 5.26. The minimum absolute atomic E-state index is 0.187. The van der Waals surface area contributed by atoms with Crippen molar-refractivity contribution in [2.75, 3.05) is 13.2 Å². The van der Waals surface area contributed by atoms with Crippen molar-refractivity contribution < 1.29 is 19.4 Å². The fourth-order valence-electron chi connectivity index (χ4n) is 4.86. The number of aliphatic carboxylic acids is 1. The van der Waals surface area contributed by atoms with E-state index in [1.165, 1.54) is 5.56 Å². The van der Waals surface area contributed by atoms with Gasteiger partial charge in [0, 0.05) is 36.1 Å². The minimum Gasteiger partial charge on any atom is -0.493 e. The zero-order chi connectivity index (χ0) is 26.2. The summed E-state index contributed by atoms with van der Waals surface area (Å²) in [6, 6.07) is 31.7. The van der Waals surface area contributed by atoms with Gasteiger partial charge in [-0.3, -0.25) is 4.79 Å². The second kappa shape index (κ2) is 12.4. The molecule has 2 atom stereocenters. The number of carboxylic acid groups (broad SMARTS) is 1. The molecule has 0 spiro atoms. The molecule has 0 bridgehead atoms. The van der Waals surface area contributed by atoms with E-state index in [-0.39, 0.29) is 5.92 Å². The number of nitrogens with zero attached hydrogens (tertiary/aromatic N) is 1. The minimum atomic E-state index is -0.833. The first-order chi connectivity index (χ1) is 18.7. The van der Waals surface area contributed by atoms with Gasteiger partial charge < -0.3 is 19.9 Å². The summed E-state index contributed by atoms with van der Waals surface area (Å²) >= 11 is 0. The Bertz CT molecular complexity index is 1340. The maximum absolute atomic E-state index is 11.5. The maximum Gasteiger partial charge on any atom is 0.321 e. The third kappa shape index (κ3) is 6.39. The predicted octanol–water partition coefficient (Wildman–Crippen LogP) is 5.87. The number of carbonyl (C=O) groups is 1. The van der Waals surface area contributed by atoms with E-state index in [1.807, 2.05) is 72.8 Å². The summed E-state index contributed by atoms with van der Waals surface area (Å²) in [6.45, 7) is 1.60. The lowest BCUT2D eigenvalue weighted by Gasteiger charge is -2.25. The highest BCUT2D eigenvalue weighted by Gasteiger charge is 2.26. The molecule has 38 heavy (non-hydrogen) atoms. The first kappa shape index (κ1) is 25.5. The number of aromatic nitrogens is 1. The first-order valence-electron chi connectivity index (χ1n) is 13.1. The zero-order valence-corrected chi connectivity index (χ0v) is 21.3. The van der Waals surface area contributed by atoms with Gasteiger partial charge in [0.25, 0.3) is 0 Å². The summed E-state index contributed by atoms with van der Waals surface area (Å²) in [7, 11) is 0. The Morgan fingerprint density at radius 1 is 0.921 bits per heavy atom. The fraction of sp³-hybridized carbons (Fsp3) is 0.250. The van der Waals surface area contributed by atoms with Crippen LogP contribution in [0.5, 0.6) is 11.6 Å². The summed E-state index contributed by atoms with van der Waals surface area (Å²) in [6.07, 6.45) is 2.15. The molecule has 2 heterocycles. The van der Waals surface area contributed by atoms with Gasteiger partial charge in [-0.05, 0) is 36.1 Å². The maximum atomic E-state index is 11.5. The molecule has 2 N–H and O–H groups in total. The molecule has 1 aromatic heterocycles. The van der Waals surface area contributed by atoms with Gasteiger partial charge in [-0.1, -0.05) is 78.9 Å². The molecule has 0 fully saturated rings. The van der Waals surface area contributed by atoms with Crippen LogP contribution in [0.2, 0.25) is 0 Å². The van der Waals surface area contributed by atoms with Gasteiger partial charge in [-0.15, -0.1) is 0 Å². The molecule has 194 valence electrons. The van der Waals surface area contributed by atoms with Gasteiger partial charge in [-0.2, -0.15) is 0 Å². The van der Waals surface area contributed by atoms with E-state index in [0.717, 1.165) is 41.0 Å². The standard InChI is InChI=1S/C32H32N2O4/c35-32(36)29-20-27-25(21-33-29)14-7-17-30(27)37-19-9-15-26(23-10-3-1-4-11-23)22-38-31-18-8-16-28(34-31)24-12-5-2-6-13-24/h1-8,10-14,16-18,26,29,33H,9,15,19-22H2,(H,35,36). The van der Waals surface area contributed by atoms with E-state index < -0.39 is 12.0 Å². The molecule has 1 aliphatic rings. The number of hydrogen-bond donors (Lipinski definition) is 2. The Labute approximate surface area is 223 Å². The van der Waals surface area contributed by atoms with Gasteiger partial charge in [0.1, 0.15) is 11.8 Å². The largest absolute Gasteiger partial charge is 0.493 e. The molecule has 1 aliphatic heterocycles. The molecule has 6 nitrogen and oxygen atoms in total. The van der Waals surface area contributed by atoms with Crippen LogP contribution in [0.4, 0.5) is 0 Å². The monoisotopic (exact) mass is 508 g/mol. The Morgan fingerprint density at radius 2 is 1.68 bits per heavy atom. The number of fused-ring (bicyclic) bond motifs is 1. The van der Waals surface area contributed by atoms with Crippen LogP contribution in [0.25, 0.3) is 11.3 Å². The van der Waals surface area contributed by atoms with Gasteiger partial charge in [0.05, 0.1) is 18.9 Å². The Morgan fingerprint density at radius 3 is 2.47 bits per heavy atom. The van der Waals surface area contributed by atoms with Crippen LogP contribution >= 0.6 is 0 Å². The number of ether oxygens (including phenoxy) is 2.